The van der Waals surface area contributed by atoms with Crippen molar-refractivity contribution in [2.75, 3.05) is 24.5 Å². The van der Waals surface area contributed by atoms with Gasteiger partial charge in [-0.25, -0.2) is 9.97 Å². The van der Waals surface area contributed by atoms with Gasteiger partial charge in [0, 0.05) is 24.3 Å². The van der Waals surface area contributed by atoms with E-state index in [4.69, 9.17) is 5.73 Å². The van der Waals surface area contributed by atoms with E-state index >= 15 is 0 Å². The van der Waals surface area contributed by atoms with Crippen LogP contribution in [0.25, 0.3) is 0 Å². The molecule has 1 fully saturated rings. The van der Waals surface area contributed by atoms with Crippen molar-refractivity contribution in [3.63, 3.8) is 0 Å². The highest BCUT2D eigenvalue weighted by Crippen LogP contribution is 2.30. The molecule has 4 nitrogen and oxygen atoms in total. The number of hydrogen-bond donors (Lipinski definition) is 1. The highest BCUT2D eigenvalue weighted by atomic mass is 15.2. The summed E-state index contributed by atoms with van der Waals surface area (Å²) < 4.78 is 0. The lowest BCUT2D eigenvalue weighted by Gasteiger charge is -2.24. The molecule has 1 saturated heterocycles. The summed E-state index contributed by atoms with van der Waals surface area (Å²) in [5, 5.41) is 0. The molecule has 1 aromatic heterocycles. The van der Waals surface area contributed by atoms with Gasteiger partial charge >= 0.3 is 0 Å². The molecule has 0 radical (unpaired) electrons. The first kappa shape index (κ1) is 11.0. The largest absolute Gasteiger partial charge is 0.356 e. The zero-order valence-corrected chi connectivity index (χ0v) is 10.2. The molecule has 0 saturated carbocycles. The average Bonchev–Trinajstić information content (AvgIpc) is 2.87. The van der Waals surface area contributed by atoms with Gasteiger partial charge in [-0.05, 0) is 44.6 Å². The Bertz CT molecular complexity index is 404. The topological polar surface area (TPSA) is 55.0 Å². The van der Waals surface area contributed by atoms with Gasteiger partial charge in [0.25, 0.3) is 0 Å². The Labute approximate surface area is 102 Å². The standard InChI is InChI=1S/C13H20N4/c14-7-10-5-6-17(8-10)13-11-3-1-2-4-12(11)15-9-16-13/h9-10H,1-8,14H2. The number of rotatable bonds is 2. The van der Waals surface area contributed by atoms with Crippen molar-refractivity contribution in [3.8, 4) is 0 Å². The zero-order chi connectivity index (χ0) is 11.7. The molecule has 1 aromatic rings. The van der Waals surface area contributed by atoms with Crippen molar-refractivity contribution in [1.29, 1.82) is 0 Å². The van der Waals surface area contributed by atoms with Gasteiger partial charge in [-0.15, -0.1) is 0 Å². The lowest BCUT2D eigenvalue weighted by Crippen LogP contribution is -2.26. The summed E-state index contributed by atoms with van der Waals surface area (Å²) in [6.07, 6.45) is 7.76. The molecule has 1 aliphatic heterocycles. The van der Waals surface area contributed by atoms with E-state index in [0.29, 0.717) is 5.92 Å². The number of nitrogens with two attached hydrogens (primary N) is 1. The van der Waals surface area contributed by atoms with Crippen LogP contribution in [-0.4, -0.2) is 29.6 Å². The van der Waals surface area contributed by atoms with Crippen molar-refractivity contribution in [2.45, 2.75) is 32.1 Å². The number of anilines is 1. The van der Waals surface area contributed by atoms with E-state index in [2.05, 4.69) is 14.9 Å². The molecule has 0 spiro atoms. The van der Waals surface area contributed by atoms with Crippen LogP contribution in [0.5, 0.6) is 0 Å². The van der Waals surface area contributed by atoms with E-state index in [1.54, 1.807) is 6.33 Å². The Morgan fingerprint density at radius 2 is 2.18 bits per heavy atom. The number of fused-ring (bicyclic) bond motifs is 1. The molecule has 92 valence electrons. The number of nitrogens with zero attached hydrogens (tertiary/aromatic N) is 3. The van der Waals surface area contributed by atoms with Crippen LogP contribution in [0.4, 0.5) is 5.82 Å². The Balaban J connectivity index is 1.88. The second-order valence-corrected chi connectivity index (χ2v) is 5.17. The first-order valence-electron chi connectivity index (χ1n) is 6.66. The van der Waals surface area contributed by atoms with Gasteiger partial charge in [0.15, 0.2) is 0 Å². The number of aryl methyl sites for hydroxylation is 1. The van der Waals surface area contributed by atoms with Gasteiger partial charge in [0.1, 0.15) is 12.1 Å². The highest BCUT2D eigenvalue weighted by Gasteiger charge is 2.26. The Hall–Kier alpha value is -1.16. The van der Waals surface area contributed by atoms with Crippen LogP contribution in [0.15, 0.2) is 6.33 Å². The highest BCUT2D eigenvalue weighted by molar-refractivity contribution is 5.50. The molecule has 0 aromatic carbocycles. The van der Waals surface area contributed by atoms with E-state index < -0.39 is 0 Å². The lowest BCUT2D eigenvalue weighted by atomic mass is 9.96. The summed E-state index contributed by atoms with van der Waals surface area (Å²) in [5.41, 5.74) is 8.43. The van der Waals surface area contributed by atoms with Gasteiger partial charge in [-0.3, -0.25) is 0 Å². The van der Waals surface area contributed by atoms with Crippen LogP contribution in [0.3, 0.4) is 0 Å². The van der Waals surface area contributed by atoms with Gasteiger partial charge in [-0.2, -0.15) is 0 Å². The van der Waals surface area contributed by atoms with Crippen LogP contribution in [0.1, 0.15) is 30.5 Å². The molecular formula is C13H20N4. The van der Waals surface area contributed by atoms with Gasteiger partial charge in [0.05, 0.1) is 0 Å². The molecule has 1 aliphatic carbocycles. The van der Waals surface area contributed by atoms with Crippen molar-refractivity contribution in [1.82, 2.24) is 9.97 Å². The van der Waals surface area contributed by atoms with Crippen LogP contribution >= 0.6 is 0 Å². The minimum atomic E-state index is 0.643. The number of hydrogen-bond acceptors (Lipinski definition) is 4. The molecule has 3 rings (SSSR count). The fourth-order valence-corrected chi connectivity index (χ4v) is 2.99. The van der Waals surface area contributed by atoms with Gasteiger partial charge in [-0.1, -0.05) is 0 Å². The predicted octanol–water partition coefficient (Wildman–Crippen LogP) is 1.14. The maximum Gasteiger partial charge on any atom is 0.135 e. The maximum atomic E-state index is 5.75. The molecule has 2 heterocycles. The minimum Gasteiger partial charge on any atom is -0.356 e. The van der Waals surface area contributed by atoms with Crippen molar-refractivity contribution < 1.29 is 0 Å². The summed E-state index contributed by atoms with van der Waals surface area (Å²) in [6, 6.07) is 0. The second kappa shape index (κ2) is 4.61. The van der Waals surface area contributed by atoms with E-state index in [-0.39, 0.29) is 0 Å². The van der Waals surface area contributed by atoms with E-state index in [0.717, 1.165) is 32.5 Å². The third-order valence-corrected chi connectivity index (χ3v) is 4.02. The molecule has 17 heavy (non-hydrogen) atoms. The van der Waals surface area contributed by atoms with Crippen LogP contribution < -0.4 is 10.6 Å². The summed E-state index contributed by atoms with van der Waals surface area (Å²) in [7, 11) is 0. The van der Waals surface area contributed by atoms with Crippen LogP contribution in [0, 0.1) is 5.92 Å². The molecule has 1 atom stereocenters. The Morgan fingerprint density at radius 3 is 3.00 bits per heavy atom. The first-order chi connectivity index (χ1) is 8.38. The maximum absolute atomic E-state index is 5.75. The minimum absolute atomic E-state index is 0.643. The summed E-state index contributed by atoms with van der Waals surface area (Å²) in [4.78, 5) is 11.4. The summed E-state index contributed by atoms with van der Waals surface area (Å²) in [5.74, 6) is 1.83. The van der Waals surface area contributed by atoms with Gasteiger partial charge in [0.2, 0.25) is 0 Å². The van der Waals surface area contributed by atoms with Gasteiger partial charge < -0.3 is 10.6 Å². The Kier molecular flexibility index (Phi) is 2.97. The third-order valence-electron chi connectivity index (χ3n) is 4.02. The normalized spacial score (nSPS) is 23.8. The first-order valence-corrected chi connectivity index (χ1v) is 6.66. The SMILES string of the molecule is NCC1CCN(c2ncnc3c2CCCC3)C1. The molecular weight excluding hydrogens is 212 g/mol. The molecule has 0 amide bonds. The van der Waals surface area contributed by atoms with Crippen LogP contribution in [-0.2, 0) is 12.8 Å². The average molecular weight is 232 g/mol. The third kappa shape index (κ3) is 2.02. The van der Waals surface area contributed by atoms with Crippen molar-refractivity contribution in [3.05, 3.63) is 17.6 Å². The molecule has 2 N–H and O–H groups in total. The predicted molar refractivity (Wildman–Crippen MR) is 68.0 cm³/mol. The van der Waals surface area contributed by atoms with E-state index in [1.165, 1.54) is 36.3 Å². The lowest BCUT2D eigenvalue weighted by molar-refractivity contribution is 0.601. The summed E-state index contributed by atoms with van der Waals surface area (Å²) in [6.45, 7) is 2.97. The fraction of sp³-hybridized carbons (Fsp3) is 0.692. The molecule has 4 heteroatoms. The molecule has 0 bridgehead atoms. The summed E-state index contributed by atoms with van der Waals surface area (Å²) >= 11 is 0. The zero-order valence-electron chi connectivity index (χ0n) is 10.2. The Morgan fingerprint density at radius 1 is 1.29 bits per heavy atom. The quantitative estimate of drug-likeness (QED) is 0.831. The van der Waals surface area contributed by atoms with E-state index in [1.807, 2.05) is 0 Å². The smallest absolute Gasteiger partial charge is 0.135 e. The van der Waals surface area contributed by atoms with E-state index in [9.17, 15) is 0 Å². The van der Waals surface area contributed by atoms with Crippen LogP contribution in [0.2, 0.25) is 0 Å². The van der Waals surface area contributed by atoms with Crippen molar-refractivity contribution >= 4 is 5.82 Å². The van der Waals surface area contributed by atoms with Crippen molar-refractivity contribution in [2.24, 2.45) is 11.7 Å². The second-order valence-electron chi connectivity index (χ2n) is 5.17. The molecule has 2 aliphatic rings. The molecule has 1 unspecified atom stereocenters. The fourth-order valence-electron chi connectivity index (χ4n) is 2.99. The number of aromatic nitrogens is 2. The monoisotopic (exact) mass is 232 g/mol.